The minimum absolute atomic E-state index is 0.315. The number of aryl methyl sites for hydroxylation is 2. The second-order valence-electron chi connectivity index (χ2n) is 5.61. The molecule has 4 heteroatoms. The summed E-state index contributed by atoms with van der Waals surface area (Å²) >= 11 is 0. The molecule has 24 heavy (non-hydrogen) atoms. The lowest BCUT2D eigenvalue weighted by atomic mass is 10.1. The number of carbonyl (C=O) groups excluding carboxylic acids is 2. The van der Waals surface area contributed by atoms with Gasteiger partial charge in [-0.25, -0.2) is 9.59 Å². The Morgan fingerprint density at radius 2 is 1.08 bits per heavy atom. The summed E-state index contributed by atoms with van der Waals surface area (Å²) in [4.78, 5) is 23.8. The van der Waals surface area contributed by atoms with Gasteiger partial charge in [-0.2, -0.15) is 0 Å². The lowest BCUT2D eigenvalue weighted by molar-refractivity contribution is 0.0431. The van der Waals surface area contributed by atoms with Crippen molar-refractivity contribution >= 4 is 11.9 Å². The number of esters is 2. The van der Waals surface area contributed by atoms with Crippen LogP contribution in [0, 0.1) is 13.8 Å². The summed E-state index contributed by atoms with van der Waals surface area (Å²) in [6.45, 7) is 4.38. The Hall–Kier alpha value is -2.62. The second kappa shape index (κ2) is 8.87. The fourth-order valence-electron chi connectivity index (χ4n) is 2.29. The number of unbranched alkanes of at least 4 members (excludes halogenated alkanes) is 1. The second-order valence-corrected chi connectivity index (χ2v) is 5.61. The molecule has 0 radical (unpaired) electrons. The van der Waals surface area contributed by atoms with E-state index in [2.05, 4.69) is 0 Å². The Balaban J connectivity index is 1.65. The number of benzene rings is 2. The van der Waals surface area contributed by atoms with Crippen LogP contribution in [0.3, 0.4) is 0 Å². The molecule has 0 N–H and O–H groups in total. The maximum Gasteiger partial charge on any atom is 0.338 e. The first-order valence-corrected chi connectivity index (χ1v) is 8.05. The summed E-state index contributed by atoms with van der Waals surface area (Å²) < 4.78 is 10.5. The highest BCUT2D eigenvalue weighted by Crippen LogP contribution is 2.10. The SMILES string of the molecule is Cc1ccccc1C(=O)OCCCCOC(=O)c1ccccc1C. The van der Waals surface area contributed by atoms with E-state index < -0.39 is 0 Å². The molecule has 0 bridgehead atoms. The number of ether oxygens (including phenoxy) is 2. The summed E-state index contributed by atoms with van der Waals surface area (Å²) in [5.41, 5.74) is 2.97. The fraction of sp³-hybridized carbons (Fsp3) is 0.300. The third-order valence-electron chi connectivity index (χ3n) is 3.73. The lowest BCUT2D eigenvalue weighted by Gasteiger charge is -2.08. The van der Waals surface area contributed by atoms with Gasteiger partial charge >= 0.3 is 11.9 Å². The van der Waals surface area contributed by atoms with Crippen LogP contribution in [-0.4, -0.2) is 25.2 Å². The van der Waals surface area contributed by atoms with Gasteiger partial charge in [-0.3, -0.25) is 0 Å². The molecule has 0 aliphatic heterocycles. The summed E-state index contributed by atoms with van der Waals surface area (Å²) in [5.74, 6) is -0.630. The van der Waals surface area contributed by atoms with E-state index in [9.17, 15) is 9.59 Å². The van der Waals surface area contributed by atoms with Crippen LogP contribution >= 0.6 is 0 Å². The van der Waals surface area contributed by atoms with Gasteiger partial charge in [0.25, 0.3) is 0 Å². The maximum absolute atomic E-state index is 11.9. The minimum Gasteiger partial charge on any atom is -0.462 e. The Labute approximate surface area is 142 Å². The molecule has 0 amide bonds. The van der Waals surface area contributed by atoms with Crippen molar-refractivity contribution in [2.24, 2.45) is 0 Å². The van der Waals surface area contributed by atoms with Crippen molar-refractivity contribution in [2.75, 3.05) is 13.2 Å². The van der Waals surface area contributed by atoms with Gasteiger partial charge in [0.1, 0.15) is 0 Å². The molecule has 2 aromatic rings. The third-order valence-corrected chi connectivity index (χ3v) is 3.73. The molecule has 0 spiro atoms. The zero-order valence-corrected chi connectivity index (χ0v) is 14.1. The smallest absolute Gasteiger partial charge is 0.338 e. The normalized spacial score (nSPS) is 10.2. The quantitative estimate of drug-likeness (QED) is 0.568. The Kier molecular flexibility index (Phi) is 6.55. The van der Waals surface area contributed by atoms with Crippen molar-refractivity contribution in [3.05, 3.63) is 70.8 Å². The first kappa shape index (κ1) is 17.7. The van der Waals surface area contributed by atoms with E-state index in [1.807, 2.05) is 50.2 Å². The van der Waals surface area contributed by atoms with Crippen LogP contribution in [-0.2, 0) is 9.47 Å². The molecule has 0 aliphatic carbocycles. The Morgan fingerprint density at radius 3 is 1.46 bits per heavy atom. The monoisotopic (exact) mass is 326 g/mol. The minimum atomic E-state index is -0.315. The molecule has 126 valence electrons. The van der Waals surface area contributed by atoms with Crippen molar-refractivity contribution in [3.63, 3.8) is 0 Å². The summed E-state index contributed by atoms with van der Waals surface area (Å²) in [7, 11) is 0. The van der Waals surface area contributed by atoms with E-state index in [1.54, 1.807) is 12.1 Å². The maximum atomic E-state index is 11.9. The van der Waals surface area contributed by atoms with Crippen LogP contribution in [0.15, 0.2) is 48.5 Å². The molecule has 0 saturated carbocycles. The molecule has 2 aromatic carbocycles. The van der Waals surface area contributed by atoms with Crippen LogP contribution in [0.5, 0.6) is 0 Å². The number of hydrogen-bond acceptors (Lipinski definition) is 4. The molecule has 0 heterocycles. The summed E-state index contributed by atoms with van der Waals surface area (Å²) in [6.07, 6.45) is 1.30. The molecule has 0 aromatic heterocycles. The average Bonchev–Trinajstić information content (AvgIpc) is 2.58. The van der Waals surface area contributed by atoms with Gasteiger partial charge in [0.15, 0.2) is 0 Å². The Morgan fingerprint density at radius 1 is 0.708 bits per heavy atom. The van der Waals surface area contributed by atoms with E-state index >= 15 is 0 Å². The first-order valence-electron chi connectivity index (χ1n) is 8.05. The topological polar surface area (TPSA) is 52.6 Å². The Bertz CT molecular complexity index is 645. The van der Waals surface area contributed by atoms with Crippen molar-refractivity contribution in [3.8, 4) is 0 Å². The van der Waals surface area contributed by atoms with Gasteiger partial charge in [0, 0.05) is 0 Å². The molecule has 0 unspecified atom stereocenters. The van der Waals surface area contributed by atoms with E-state index in [4.69, 9.17) is 9.47 Å². The van der Waals surface area contributed by atoms with Gasteiger partial charge in [0.05, 0.1) is 24.3 Å². The molecular formula is C20H22O4. The molecule has 0 aliphatic rings. The van der Waals surface area contributed by atoms with Crippen molar-refractivity contribution in [1.29, 1.82) is 0 Å². The van der Waals surface area contributed by atoms with E-state index in [1.165, 1.54) is 0 Å². The highest BCUT2D eigenvalue weighted by atomic mass is 16.5. The third kappa shape index (κ3) is 4.95. The largest absolute Gasteiger partial charge is 0.462 e. The van der Waals surface area contributed by atoms with E-state index in [0.717, 1.165) is 11.1 Å². The molecule has 0 saturated heterocycles. The molecule has 4 nitrogen and oxygen atoms in total. The van der Waals surface area contributed by atoms with Gasteiger partial charge in [-0.15, -0.1) is 0 Å². The predicted molar refractivity (Wildman–Crippen MR) is 92.2 cm³/mol. The van der Waals surface area contributed by atoms with Gasteiger partial charge in [-0.05, 0) is 49.9 Å². The lowest BCUT2D eigenvalue weighted by Crippen LogP contribution is -2.10. The zero-order chi connectivity index (χ0) is 17.4. The fourth-order valence-corrected chi connectivity index (χ4v) is 2.29. The number of carbonyl (C=O) groups is 2. The van der Waals surface area contributed by atoms with Gasteiger partial charge < -0.3 is 9.47 Å². The highest BCUT2D eigenvalue weighted by Gasteiger charge is 2.10. The van der Waals surface area contributed by atoms with E-state index in [0.29, 0.717) is 37.2 Å². The average molecular weight is 326 g/mol. The van der Waals surface area contributed by atoms with Crippen molar-refractivity contribution in [1.82, 2.24) is 0 Å². The van der Waals surface area contributed by atoms with Crippen LogP contribution in [0.4, 0.5) is 0 Å². The van der Waals surface area contributed by atoms with Crippen molar-refractivity contribution in [2.45, 2.75) is 26.7 Å². The highest BCUT2D eigenvalue weighted by molar-refractivity contribution is 5.91. The van der Waals surface area contributed by atoms with Crippen LogP contribution in [0.1, 0.15) is 44.7 Å². The van der Waals surface area contributed by atoms with Crippen LogP contribution in [0.25, 0.3) is 0 Å². The van der Waals surface area contributed by atoms with Crippen LogP contribution < -0.4 is 0 Å². The molecule has 0 fully saturated rings. The predicted octanol–water partition coefficient (Wildman–Crippen LogP) is 4.10. The van der Waals surface area contributed by atoms with E-state index in [-0.39, 0.29) is 11.9 Å². The molecule has 2 rings (SSSR count). The summed E-state index contributed by atoms with van der Waals surface area (Å²) in [6, 6.07) is 14.7. The number of rotatable bonds is 7. The van der Waals surface area contributed by atoms with Crippen molar-refractivity contribution < 1.29 is 19.1 Å². The van der Waals surface area contributed by atoms with Crippen LogP contribution in [0.2, 0.25) is 0 Å². The van der Waals surface area contributed by atoms with Gasteiger partial charge in [-0.1, -0.05) is 36.4 Å². The molecule has 0 atom stereocenters. The first-order chi connectivity index (χ1) is 11.6. The molecular weight excluding hydrogens is 304 g/mol. The standard InChI is InChI=1S/C20H22O4/c1-15-9-3-5-11-17(15)19(21)23-13-7-8-14-24-20(22)18-12-6-4-10-16(18)2/h3-6,9-12H,7-8,13-14H2,1-2H3. The number of hydrogen-bond donors (Lipinski definition) is 0. The summed E-state index contributed by atoms with van der Waals surface area (Å²) in [5, 5.41) is 0. The zero-order valence-electron chi connectivity index (χ0n) is 14.1. The van der Waals surface area contributed by atoms with Gasteiger partial charge in [0.2, 0.25) is 0 Å².